The molecule has 0 atom stereocenters. The summed E-state index contributed by atoms with van der Waals surface area (Å²) in [5.41, 5.74) is 8.23. The molecule has 0 aliphatic carbocycles. The number of nitrogens with one attached hydrogen (secondary N) is 1. The highest BCUT2D eigenvalue weighted by Crippen LogP contribution is 2.13. The van der Waals surface area contributed by atoms with E-state index in [2.05, 4.69) is 15.5 Å². The average Bonchev–Trinajstić information content (AvgIpc) is 2.92. The molecular weight excluding hydrogens is 252 g/mol. The van der Waals surface area contributed by atoms with Crippen molar-refractivity contribution < 1.29 is 10.0 Å². The minimum atomic E-state index is -0.214. The van der Waals surface area contributed by atoms with Gasteiger partial charge in [-0.3, -0.25) is 9.78 Å². The van der Waals surface area contributed by atoms with Gasteiger partial charge < -0.3 is 16.3 Å². The van der Waals surface area contributed by atoms with E-state index in [1.54, 1.807) is 29.8 Å². The normalized spacial score (nSPS) is 11.2. The van der Waals surface area contributed by atoms with Gasteiger partial charge >= 0.3 is 0 Å². The van der Waals surface area contributed by atoms with Gasteiger partial charge in [-0.25, -0.2) is 0 Å². The first-order valence-electron chi connectivity index (χ1n) is 4.98. The number of carbonyl (C=O) groups excluding carboxylic acids is 1. The smallest absolute Gasteiger partial charge is 0.267 e. The van der Waals surface area contributed by atoms with E-state index in [1.165, 1.54) is 17.5 Å². The van der Waals surface area contributed by atoms with Crippen LogP contribution in [-0.2, 0) is 0 Å². The van der Waals surface area contributed by atoms with Crippen LogP contribution in [0.15, 0.2) is 41.1 Å². The zero-order chi connectivity index (χ0) is 13.0. The van der Waals surface area contributed by atoms with Crippen LogP contribution in [0.1, 0.15) is 15.2 Å². The lowest BCUT2D eigenvalue weighted by molar-refractivity contribution is 0.103. The molecule has 92 valence electrons. The minimum absolute atomic E-state index is 0.0235. The lowest BCUT2D eigenvalue weighted by atomic mass is 10.2. The third kappa shape index (κ3) is 2.64. The monoisotopic (exact) mass is 262 g/mol. The zero-order valence-electron chi connectivity index (χ0n) is 9.20. The number of aromatic nitrogens is 1. The molecule has 1 amide bonds. The molecule has 1 heterocycles. The standard InChI is InChI=1S/C11H10N4O2S/c12-10(15-17)7-1-3-8(4-2-7)14-11(16)9-5-13-6-18-9/h1-6,17H,(H2,12,15)(H,14,16). The number of nitrogens with zero attached hydrogens (tertiary/aromatic N) is 2. The number of hydrogen-bond donors (Lipinski definition) is 3. The summed E-state index contributed by atoms with van der Waals surface area (Å²) in [5.74, 6) is -0.190. The van der Waals surface area contributed by atoms with Crippen LogP contribution in [0.2, 0.25) is 0 Å². The van der Waals surface area contributed by atoms with E-state index in [0.717, 1.165) is 0 Å². The summed E-state index contributed by atoms with van der Waals surface area (Å²) in [7, 11) is 0. The van der Waals surface area contributed by atoms with Crippen molar-refractivity contribution in [2.75, 3.05) is 5.32 Å². The van der Waals surface area contributed by atoms with E-state index in [4.69, 9.17) is 10.9 Å². The first kappa shape index (κ1) is 12.1. The van der Waals surface area contributed by atoms with Gasteiger partial charge in [-0.05, 0) is 24.3 Å². The van der Waals surface area contributed by atoms with Crippen LogP contribution in [0, 0.1) is 0 Å². The Morgan fingerprint density at radius 1 is 1.39 bits per heavy atom. The van der Waals surface area contributed by atoms with Gasteiger partial charge in [-0.1, -0.05) is 5.16 Å². The topological polar surface area (TPSA) is 101 Å². The first-order valence-corrected chi connectivity index (χ1v) is 5.86. The van der Waals surface area contributed by atoms with E-state index < -0.39 is 0 Å². The van der Waals surface area contributed by atoms with E-state index in [1.807, 2.05) is 0 Å². The number of carbonyl (C=O) groups is 1. The second-order valence-corrected chi connectivity index (χ2v) is 4.27. The van der Waals surface area contributed by atoms with Crippen molar-refractivity contribution in [3.05, 3.63) is 46.4 Å². The molecule has 4 N–H and O–H groups in total. The van der Waals surface area contributed by atoms with Crippen LogP contribution in [0.5, 0.6) is 0 Å². The number of anilines is 1. The van der Waals surface area contributed by atoms with Crippen molar-refractivity contribution in [3.63, 3.8) is 0 Å². The van der Waals surface area contributed by atoms with E-state index in [-0.39, 0.29) is 11.7 Å². The van der Waals surface area contributed by atoms with Gasteiger partial charge in [0.1, 0.15) is 4.88 Å². The summed E-state index contributed by atoms with van der Waals surface area (Å²) in [4.78, 5) is 16.1. The number of rotatable bonds is 3. The summed E-state index contributed by atoms with van der Waals surface area (Å²) in [6.45, 7) is 0. The van der Waals surface area contributed by atoms with Crippen molar-refractivity contribution in [1.29, 1.82) is 0 Å². The van der Waals surface area contributed by atoms with Gasteiger partial charge in [-0.15, -0.1) is 11.3 Å². The van der Waals surface area contributed by atoms with Gasteiger partial charge in [0.15, 0.2) is 5.84 Å². The lowest BCUT2D eigenvalue weighted by Crippen LogP contribution is -2.13. The maximum atomic E-state index is 11.7. The van der Waals surface area contributed by atoms with Gasteiger partial charge in [-0.2, -0.15) is 0 Å². The Bertz CT molecular complexity index is 563. The Morgan fingerprint density at radius 2 is 2.11 bits per heavy atom. The average molecular weight is 262 g/mol. The molecule has 2 rings (SSSR count). The van der Waals surface area contributed by atoms with Gasteiger partial charge in [0.2, 0.25) is 0 Å². The van der Waals surface area contributed by atoms with Crippen LogP contribution in [-0.4, -0.2) is 21.9 Å². The van der Waals surface area contributed by atoms with Crippen LogP contribution < -0.4 is 11.1 Å². The van der Waals surface area contributed by atoms with Gasteiger partial charge in [0, 0.05) is 11.3 Å². The van der Waals surface area contributed by atoms with Gasteiger partial charge in [0.25, 0.3) is 5.91 Å². The number of amidine groups is 1. The van der Waals surface area contributed by atoms with Crippen molar-refractivity contribution in [2.24, 2.45) is 10.9 Å². The van der Waals surface area contributed by atoms with E-state index in [9.17, 15) is 4.79 Å². The third-order valence-corrected chi connectivity index (χ3v) is 2.97. The fraction of sp³-hybridized carbons (Fsp3) is 0. The molecule has 0 radical (unpaired) electrons. The summed E-state index contributed by atoms with van der Waals surface area (Å²) in [6.07, 6.45) is 1.50. The SMILES string of the molecule is N/C(=N/O)c1ccc(NC(=O)c2cncs2)cc1. The van der Waals surface area contributed by atoms with Crippen LogP contribution >= 0.6 is 11.3 Å². The molecule has 6 nitrogen and oxygen atoms in total. The second-order valence-electron chi connectivity index (χ2n) is 3.38. The number of nitrogens with two attached hydrogens (primary N) is 1. The number of thiazole rings is 1. The Balaban J connectivity index is 2.09. The van der Waals surface area contributed by atoms with E-state index >= 15 is 0 Å². The van der Waals surface area contributed by atoms with Crippen molar-refractivity contribution >= 4 is 28.8 Å². The van der Waals surface area contributed by atoms with Crippen molar-refractivity contribution in [3.8, 4) is 0 Å². The first-order chi connectivity index (χ1) is 8.70. The molecule has 0 unspecified atom stereocenters. The highest BCUT2D eigenvalue weighted by Gasteiger charge is 2.07. The van der Waals surface area contributed by atoms with Crippen LogP contribution in [0.3, 0.4) is 0 Å². The molecule has 18 heavy (non-hydrogen) atoms. The Morgan fingerprint density at radius 3 is 2.67 bits per heavy atom. The summed E-state index contributed by atoms with van der Waals surface area (Å²) in [5, 5.41) is 14.1. The fourth-order valence-corrected chi connectivity index (χ4v) is 1.82. The number of amides is 1. The van der Waals surface area contributed by atoms with Crippen molar-refractivity contribution in [2.45, 2.75) is 0 Å². The van der Waals surface area contributed by atoms with Crippen LogP contribution in [0.4, 0.5) is 5.69 Å². The Hall–Kier alpha value is -2.41. The number of benzene rings is 1. The molecule has 1 aromatic heterocycles. The van der Waals surface area contributed by atoms with Gasteiger partial charge in [0.05, 0.1) is 11.7 Å². The molecule has 0 spiro atoms. The maximum Gasteiger partial charge on any atom is 0.267 e. The minimum Gasteiger partial charge on any atom is -0.409 e. The predicted molar refractivity (Wildman–Crippen MR) is 69.0 cm³/mol. The summed E-state index contributed by atoms with van der Waals surface area (Å²) in [6, 6.07) is 6.65. The fourth-order valence-electron chi connectivity index (χ4n) is 1.30. The number of hydrogen-bond acceptors (Lipinski definition) is 5. The molecule has 0 bridgehead atoms. The second kappa shape index (κ2) is 5.28. The molecule has 0 saturated carbocycles. The maximum absolute atomic E-state index is 11.7. The molecule has 0 saturated heterocycles. The van der Waals surface area contributed by atoms with E-state index in [0.29, 0.717) is 16.1 Å². The zero-order valence-corrected chi connectivity index (χ0v) is 10.0. The third-order valence-electron chi connectivity index (χ3n) is 2.20. The highest BCUT2D eigenvalue weighted by molar-refractivity contribution is 7.11. The van der Waals surface area contributed by atoms with Crippen molar-refractivity contribution in [1.82, 2.24) is 4.98 Å². The molecule has 1 aromatic carbocycles. The predicted octanol–water partition coefficient (Wildman–Crippen LogP) is 1.49. The highest BCUT2D eigenvalue weighted by atomic mass is 32.1. The quantitative estimate of drug-likeness (QED) is 0.337. The largest absolute Gasteiger partial charge is 0.409 e. The number of oxime groups is 1. The lowest BCUT2D eigenvalue weighted by Gasteiger charge is -2.04. The Labute approximate surface area is 107 Å². The molecule has 7 heteroatoms. The Kier molecular flexibility index (Phi) is 3.54. The van der Waals surface area contributed by atoms with Crippen LogP contribution in [0.25, 0.3) is 0 Å². The molecule has 0 aliphatic heterocycles. The molecule has 0 fully saturated rings. The molecular formula is C11H10N4O2S. The summed E-state index contributed by atoms with van der Waals surface area (Å²) >= 11 is 1.27. The summed E-state index contributed by atoms with van der Waals surface area (Å²) < 4.78 is 0. The molecule has 2 aromatic rings. The molecule has 0 aliphatic rings.